The molecule has 2 aromatic rings. The summed E-state index contributed by atoms with van der Waals surface area (Å²) in [5, 5.41) is 0. The number of halogens is 1. The summed E-state index contributed by atoms with van der Waals surface area (Å²) >= 11 is 0. The number of nitrogens with one attached hydrogen (secondary N) is 1. The monoisotopic (exact) mass is 399 g/mol. The van der Waals surface area contributed by atoms with E-state index in [1.807, 2.05) is 0 Å². The molecule has 4 rings (SSSR count). The van der Waals surface area contributed by atoms with E-state index >= 15 is 0 Å². The molecule has 0 aromatic heterocycles. The largest absolute Gasteiger partial charge is 0.497 e. The highest BCUT2D eigenvalue weighted by atomic mass is 19.1. The van der Waals surface area contributed by atoms with Crippen LogP contribution in [0.4, 0.5) is 4.39 Å². The molecule has 1 saturated heterocycles. The summed E-state index contributed by atoms with van der Waals surface area (Å²) < 4.78 is 24.1. The van der Waals surface area contributed by atoms with Gasteiger partial charge in [-0.25, -0.2) is 19.7 Å². The number of ether oxygens (including phenoxy) is 2. The van der Waals surface area contributed by atoms with Crippen LogP contribution in [-0.4, -0.2) is 49.7 Å². The third-order valence-corrected chi connectivity index (χ3v) is 5.25. The van der Waals surface area contributed by atoms with Crippen LogP contribution in [0, 0.1) is 5.82 Å². The minimum Gasteiger partial charge on any atom is -0.497 e. The Kier molecular flexibility index (Phi) is 5.10. The Morgan fingerprint density at radius 2 is 1.86 bits per heavy atom. The van der Waals surface area contributed by atoms with E-state index < -0.39 is 11.5 Å². The van der Waals surface area contributed by atoms with E-state index in [2.05, 4.69) is 10.5 Å². The Balaban J connectivity index is 1.43. The number of carbonyl (C=O) groups is 1. The summed E-state index contributed by atoms with van der Waals surface area (Å²) in [6.45, 7) is 1.03. The fourth-order valence-corrected chi connectivity index (χ4v) is 3.52. The lowest BCUT2D eigenvalue weighted by atomic mass is 10.00. The molecule has 1 N–H and O–H groups in total. The van der Waals surface area contributed by atoms with Crippen molar-refractivity contribution < 1.29 is 23.5 Å². The van der Waals surface area contributed by atoms with Crippen molar-refractivity contribution >= 4 is 11.7 Å². The van der Waals surface area contributed by atoms with Gasteiger partial charge in [0.05, 0.1) is 14.2 Å². The number of benzene rings is 2. The van der Waals surface area contributed by atoms with Gasteiger partial charge in [0, 0.05) is 37.1 Å². The van der Waals surface area contributed by atoms with Gasteiger partial charge in [-0.15, -0.1) is 0 Å². The fraction of sp³-hybridized carbons (Fsp3) is 0.333. The molecule has 0 atom stereocenters. The zero-order valence-electron chi connectivity index (χ0n) is 16.3. The van der Waals surface area contributed by atoms with Crippen molar-refractivity contribution in [3.05, 3.63) is 59.4 Å². The summed E-state index contributed by atoms with van der Waals surface area (Å²) in [5.74, 6) is 0.862. The number of likely N-dealkylation sites (tertiary alicyclic amines) is 1. The van der Waals surface area contributed by atoms with Gasteiger partial charge in [-0.05, 0) is 42.5 Å². The predicted octanol–water partition coefficient (Wildman–Crippen LogP) is 2.76. The molecule has 0 saturated carbocycles. The van der Waals surface area contributed by atoms with Crippen LogP contribution >= 0.6 is 0 Å². The number of rotatable bonds is 4. The third-order valence-electron chi connectivity index (χ3n) is 5.25. The topological polar surface area (TPSA) is 72.4 Å². The molecule has 1 fully saturated rings. The van der Waals surface area contributed by atoms with Crippen LogP contribution in [0.2, 0.25) is 0 Å². The van der Waals surface area contributed by atoms with Gasteiger partial charge in [0.2, 0.25) is 0 Å². The van der Waals surface area contributed by atoms with Crippen LogP contribution in [0.3, 0.4) is 0 Å². The minimum atomic E-state index is -0.748. The zero-order valence-corrected chi connectivity index (χ0v) is 16.3. The number of nitrogens with zero attached hydrogens (tertiary/aromatic N) is 2. The fourth-order valence-electron chi connectivity index (χ4n) is 3.52. The number of hydrogen-bond acceptors (Lipinski definition) is 6. The smallest absolute Gasteiger partial charge is 0.253 e. The normalized spacial score (nSPS) is 17.6. The minimum absolute atomic E-state index is 0.0325. The van der Waals surface area contributed by atoms with Crippen molar-refractivity contribution in [2.75, 3.05) is 27.3 Å². The molecule has 2 aliphatic heterocycles. The van der Waals surface area contributed by atoms with Gasteiger partial charge in [0.15, 0.2) is 23.1 Å². The molecule has 1 spiro atoms. The van der Waals surface area contributed by atoms with Crippen molar-refractivity contribution in [2.45, 2.75) is 18.6 Å². The molecular weight excluding hydrogens is 377 g/mol. The molecule has 0 radical (unpaired) electrons. The number of amides is 1. The molecule has 0 aliphatic carbocycles. The first-order valence-electron chi connectivity index (χ1n) is 9.35. The van der Waals surface area contributed by atoms with Crippen molar-refractivity contribution in [3.63, 3.8) is 0 Å². The third kappa shape index (κ3) is 3.75. The van der Waals surface area contributed by atoms with Crippen LogP contribution in [0.1, 0.15) is 28.8 Å². The van der Waals surface area contributed by atoms with Gasteiger partial charge in [-0.3, -0.25) is 4.79 Å². The molecular formula is C21H22FN3O4. The second kappa shape index (κ2) is 7.71. The van der Waals surface area contributed by atoms with E-state index in [0.717, 1.165) is 0 Å². The summed E-state index contributed by atoms with van der Waals surface area (Å²) in [6.07, 6.45) is 1.09. The first-order valence-corrected chi connectivity index (χ1v) is 9.35. The Bertz CT molecular complexity index is 937. The van der Waals surface area contributed by atoms with Crippen LogP contribution in [-0.2, 0) is 4.84 Å². The van der Waals surface area contributed by atoms with Crippen LogP contribution in [0.5, 0.6) is 11.5 Å². The van der Waals surface area contributed by atoms with Crippen molar-refractivity contribution in [1.82, 2.24) is 10.4 Å². The van der Waals surface area contributed by atoms with E-state index in [1.165, 1.54) is 13.2 Å². The maximum atomic E-state index is 14.0. The molecule has 1 amide bonds. The van der Waals surface area contributed by atoms with E-state index in [9.17, 15) is 9.18 Å². The first-order chi connectivity index (χ1) is 14.0. The van der Waals surface area contributed by atoms with Gasteiger partial charge < -0.3 is 14.4 Å². The summed E-state index contributed by atoms with van der Waals surface area (Å²) in [7, 11) is 3.01. The van der Waals surface area contributed by atoms with Gasteiger partial charge in [-0.1, -0.05) is 0 Å². The summed E-state index contributed by atoms with van der Waals surface area (Å²) in [4.78, 5) is 24.9. The predicted molar refractivity (Wildman–Crippen MR) is 105 cm³/mol. The quantitative estimate of drug-likeness (QED) is 0.856. The number of methoxy groups -OCH3 is 2. The Hall–Kier alpha value is -3.13. The average Bonchev–Trinajstić information content (AvgIpc) is 3.17. The zero-order chi connectivity index (χ0) is 20.4. The van der Waals surface area contributed by atoms with Crippen LogP contribution in [0.25, 0.3) is 0 Å². The second-order valence-corrected chi connectivity index (χ2v) is 6.98. The highest BCUT2D eigenvalue weighted by Crippen LogP contribution is 2.32. The number of piperidine rings is 1. The van der Waals surface area contributed by atoms with Gasteiger partial charge in [-0.2, -0.15) is 0 Å². The molecule has 2 heterocycles. The molecule has 29 heavy (non-hydrogen) atoms. The summed E-state index contributed by atoms with van der Waals surface area (Å²) in [6, 6.07) is 11.7. The lowest BCUT2D eigenvalue weighted by Crippen LogP contribution is -2.46. The van der Waals surface area contributed by atoms with Crippen molar-refractivity contribution in [2.24, 2.45) is 4.99 Å². The molecule has 2 aliphatic rings. The van der Waals surface area contributed by atoms with E-state index in [-0.39, 0.29) is 11.7 Å². The van der Waals surface area contributed by atoms with E-state index in [4.69, 9.17) is 14.3 Å². The van der Waals surface area contributed by atoms with Gasteiger partial charge >= 0.3 is 0 Å². The maximum absolute atomic E-state index is 14.0. The highest BCUT2D eigenvalue weighted by Gasteiger charge is 2.41. The number of carbonyl (C=O) groups excluding carboxylic acids is 1. The van der Waals surface area contributed by atoms with Gasteiger partial charge in [0.25, 0.3) is 5.91 Å². The second-order valence-electron chi connectivity index (χ2n) is 6.98. The molecule has 0 bridgehead atoms. The molecule has 152 valence electrons. The van der Waals surface area contributed by atoms with E-state index in [0.29, 0.717) is 48.6 Å². The van der Waals surface area contributed by atoms with Gasteiger partial charge in [0.1, 0.15) is 5.75 Å². The highest BCUT2D eigenvalue weighted by molar-refractivity contribution is 5.99. The number of aliphatic imine (C=N–C) groups is 1. The summed E-state index contributed by atoms with van der Waals surface area (Å²) in [5.41, 5.74) is 3.26. The Morgan fingerprint density at radius 3 is 2.48 bits per heavy atom. The van der Waals surface area contributed by atoms with Crippen molar-refractivity contribution in [3.8, 4) is 11.5 Å². The number of hydrogen-bond donors (Lipinski definition) is 1. The molecule has 8 heteroatoms. The number of amidine groups is 1. The molecule has 2 aromatic carbocycles. The lowest BCUT2D eigenvalue weighted by Gasteiger charge is -2.35. The number of hydroxylamine groups is 1. The van der Waals surface area contributed by atoms with Crippen LogP contribution in [0.15, 0.2) is 47.5 Å². The Labute approximate surface area is 168 Å². The lowest BCUT2D eigenvalue weighted by molar-refractivity contribution is -0.0849. The van der Waals surface area contributed by atoms with Crippen molar-refractivity contribution in [1.29, 1.82) is 0 Å². The Morgan fingerprint density at radius 1 is 1.14 bits per heavy atom. The first kappa shape index (κ1) is 19.2. The average molecular weight is 399 g/mol. The maximum Gasteiger partial charge on any atom is 0.253 e. The standard InChI is InChI=1S/C21H22FN3O4/c1-27-16-6-3-14(4-7-16)20(26)25-11-9-21(10-12-25)23-19(24-29-21)15-5-8-18(28-2)17(22)13-15/h3-8,13H,9-12H2,1-2H3,(H,23,24). The molecule has 7 nitrogen and oxygen atoms in total. The van der Waals surface area contributed by atoms with Crippen LogP contribution < -0.4 is 15.0 Å². The molecule has 0 unspecified atom stereocenters. The van der Waals surface area contributed by atoms with E-state index in [1.54, 1.807) is 48.4 Å². The SMILES string of the molecule is COc1ccc(C(=O)N2CCC3(CC2)N=C(c2ccc(OC)c(F)c2)NO3)cc1.